The zero-order valence-corrected chi connectivity index (χ0v) is 16.5. The lowest BCUT2D eigenvalue weighted by molar-refractivity contribution is -0.385. The average Bonchev–Trinajstić information content (AvgIpc) is 2.72. The first kappa shape index (κ1) is 21.7. The van der Waals surface area contributed by atoms with Crippen LogP contribution in [0, 0.1) is 10.1 Å². The van der Waals surface area contributed by atoms with E-state index in [1.54, 1.807) is 24.3 Å². The van der Waals surface area contributed by atoms with Gasteiger partial charge in [0.25, 0.3) is 17.5 Å². The lowest BCUT2D eigenvalue weighted by atomic mass is 10.1. The number of anilines is 1. The van der Waals surface area contributed by atoms with Crippen molar-refractivity contribution in [3.63, 3.8) is 0 Å². The number of rotatable bonds is 9. The third-order valence-corrected chi connectivity index (χ3v) is 4.18. The highest BCUT2D eigenvalue weighted by molar-refractivity contribution is 6.11. The van der Waals surface area contributed by atoms with Crippen LogP contribution in [0.15, 0.2) is 36.4 Å². The highest BCUT2D eigenvalue weighted by atomic mass is 16.6. The van der Waals surface area contributed by atoms with Gasteiger partial charge in [0.2, 0.25) is 0 Å². The van der Waals surface area contributed by atoms with Gasteiger partial charge in [0, 0.05) is 12.6 Å². The molecule has 0 aromatic heterocycles. The van der Waals surface area contributed by atoms with Crippen LogP contribution in [0.1, 0.15) is 40.5 Å². The minimum Gasteiger partial charge on any atom is -0.493 e. The molecule has 2 aromatic carbocycles. The maximum atomic E-state index is 12.8. The molecule has 0 aliphatic rings. The Morgan fingerprint density at radius 3 is 2.31 bits per heavy atom. The van der Waals surface area contributed by atoms with E-state index in [0.717, 1.165) is 18.9 Å². The predicted molar refractivity (Wildman–Crippen MR) is 108 cm³/mol. The quantitative estimate of drug-likeness (QED) is 0.377. The fraction of sp³-hybridized carbons (Fsp3) is 0.300. The second-order valence-corrected chi connectivity index (χ2v) is 6.09. The molecule has 29 heavy (non-hydrogen) atoms. The molecule has 2 N–H and O–H groups in total. The molecule has 0 saturated heterocycles. The van der Waals surface area contributed by atoms with Crippen LogP contribution in [0.5, 0.6) is 11.5 Å². The van der Waals surface area contributed by atoms with Crippen molar-refractivity contribution in [2.45, 2.75) is 19.8 Å². The summed E-state index contributed by atoms with van der Waals surface area (Å²) in [4.78, 5) is 36.0. The van der Waals surface area contributed by atoms with Gasteiger partial charge in [-0.2, -0.15) is 0 Å². The van der Waals surface area contributed by atoms with Gasteiger partial charge < -0.3 is 20.1 Å². The second kappa shape index (κ2) is 10.1. The van der Waals surface area contributed by atoms with E-state index in [1.165, 1.54) is 20.3 Å². The van der Waals surface area contributed by atoms with E-state index in [4.69, 9.17) is 9.47 Å². The van der Waals surface area contributed by atoms with Crippen LogP contribution in [0.2, 0.25) is 0 Å². The van der Waals surface area contributed by atoms with E-state index in [1.807, 2.05) is 6.92 Å². The van der Waals surface area contributed by atoms with Crippen molar-refractivity contribution in [3.8, 4) is 11.5 Å². The third-order valence-electron chi connectivity index (χ3n) is 4.18. The number of unbranched alkanes of at least 4 members (excludes halogenated alkanes) is 1. The number of nitrogens with one attached hydrogen (secondary N) is 2. The molecular weight excluding hydrogens is 378 g/mol. The Labute approximate surface area is 168 Å². The molecule has 2 amide bonds. The normalized spacial score (nSPS) is 10.2. The molecule has 0 unspecified atom stereocenters. The molecule has 0 saturated carbocycles. The summed E-state index contributed by atoms with van der Waals surface area (Å²) in [6, 6.07) is 8.80. The summed E-state index contributed by atoms with van der Waals surface area (Å²) in [6.45, 7) is 2.52. The van der Waals surface area contributed by atoms with Gasteiger partial charge in [0.1, 0.15) is 5.56 Å². The maximum absolute atomic E-state index is 12.8. The number of carbonyl (C=O) groups is 2. The monoisotopic (exact) mass is 401 g/mol. The molecule has 9 heteroatoms. The minimum atomic E-state index is -0.744. The van der Waals surface area contributed by atoms with Crippen LogP contribution >= 0.6 is 0 Å². The minimum absolute atomic E-state index is 0.131. The SMILES string of the molecule is CCCCNC(=O)c1ccccc1NC(=O)c1cc(OC)c(OC)cc1[N+](=O)[O-]. The van der Waals surface area contributed by atoms with Crippen LogP contribution in [0.25, 0.3) is 0 Å². The molecule has 0 atom stereocenters. The van der Waals surface area contributed by atoms with Crippen LogP contribution in [0.4, 0.5) is 11.4 Å². The average molecular weight is 401 g/mol. The number of carbonyl (C=O) groups excluding carboxylic acids is 2. The van der Waals surface area contributed by atoms with Crippen molar-refractivity contribution in [3.05, 3.63) is 57.6 Å². The number of hydrogen-bond donors (Lipinski definition) is 2. The lowest BCUT2D eigenvalue weighted by Gasteiger charge is -2.13. The number of hydrogen-bond acceptors (Lipinski definition) is 6. The molecule has 0 heterocycles. The summed E-state index contributed by atoms with van der Waals surface area (Å²) in [5.74, 6) is -0.775. The Morgan fingerprint density at radius 2 is 1.69 bits per heavy atom. The van der Waals surface area contributed by atoms with Crippen molar-refractivity contribution in [1.29, 1.82) is 0 Å². The number of nitro benzene ring substituents is 1. The Balaban J connectivity index is 2.36. The summed E-state index contributed by atoms with van der Waals surface area (Å²) in [6.07, 6.45) is 1.76. The smallest absolute Gasteiger partial charge is 0.286 e. The van der Waals surface area contributed by atoms with Gasteiger partial charge in [-0.05, 0) is 18.6 Å². The van der Waals surface area contributed by atoms with Gasteiger partial charge in [-0.3, -0.25) is 19.7 Å². The number of nitrogens with zero attached hydrogens (tertiary/aromatic N) is 1. The Hall–Kier alpha value is -3.62. The van der Waals surface area contributed by atoms with Gasteiger partial charge in [0.05, 0.1) is 36.5 Å². The number of amides is 2. The van der Waals surface area contributed by atoms with E-state index in [2.05, 4.69) is 10.6 Å². The summed E-state index contributed by atoms with van der Waals surface area (Å²) in [5, 5.41) is 16.8. The molecule has 2 rings (SSSR count). The molecule has 154 valence electrons. The van der Waals surface area contributed by atoms with Crippen molar-refractivity contribution in [2.75, 3.05) is 26.1 Å². The number of nitro groups is 1. The molecular formula is C20H23N3O6. The summed E-state index contributed by atoms with van der Waals surface area (Å²) in [7, 11) is 2.70. The molecule has 0 fully saturated rings. The van der Waals surface area contributed by atoms with Crippen molar-refractivity contribution in [2.24, 2.45) is 0 Å². The molecule has 0 radical (unpaired) electrons. The third kappa shape index (κ3) is 5.22. The molecule has 0 bridgehead atoms. The van der Waals surface area contributed by atoms with Gasteiger partial charge in [-0.15, -0.1) is 0 Å². The highest BCUT2D eigenvalue weighted by Crippen LogP contribution is 2.35. The molecule has 0 aliphatic heterocycles. The first-order chi connectivity index (χ1) is 13.9. The highest BCUT2D eigenvalue weighted by Gasteiger charge is 2.25. The van der Waals surface area contributed by atoms with Crippen LogP contribution in [0.3, 0.4) is 0 Å². The molecule has 0 spiro atoms. The van der Waals surface area contributed by atoms with Crippen LogP contribution in [-0.2, 0) is 0 Å². The fourth-order valence-corrected chi connectivity index (χ4v) is 2.65. The summed E-state index contributed by atoms with van der Waals surface area (Å²) < 4.78 is 10.2. The van der Waals surface area contributed by atoms with Gasteiger partial charge in [-0.25, -0.2) is 0 Å². The first-order valence-corrected chi connectivity index (χ1v) is 9.01. The van der Waals surface area contributed by atoms with E-state index in [-0.39, 0.29) is 34.2 Å². The number of methoxy groups -OCH3 is 2. The number of benzene rings is 2. The number of para-hydroxylation sites is 1. The predicted octanol–water partition coefficient (Wildman–Crippen LogP) is 3.39. The molecule has 9 nitrogen and oxygen atoms in total. The molecule has 2 aromatic rings. The maximum Gasteiger partial charge on any atom is 0.286 e. The van der Waals surface area contributed by atoms with Crippen molar-refractivity contribution >= 4 is 23.2 Å². The second-order valence-electron chi connectivity index (χ2n) is 6.09. The lowest BCUT2D eigenvalue weighted by Crippen LogP contribution is -2.26. The number of ether oxygens (including phenoxy) is 2. The molecule has 0 aliphatic carbocycles. The van der Waals surface area contributed by atoms with Crippen LogP contribution in [-0.4, -0.2) is 37.5 Å². The van der Waals surface area contributed by atoms with E-state index < -0.39 is 16.5 Å². The topological polar surface area (TPSA) is 120 Å². The Morgan fingerprint density at radius 1 is 1.03 bits per heavy atom. The summed E-state index contributed by atoms with van der Waals surface area (Å²) >= 11 is 0. The summed E-state index contributed by atoms with van der Waals surface area (Å²) in [5.41, 5.74) is -0.144. The van der Waals surface area contributed by atoms with E-state index >= 15 is 0 Å². The largest absolute Gasteiger partial charge is 0.493 e. The first-order valence-electron chi connectivity index (χ1n) is 9.01. The zero-order valence-electron chi connectivity index (χ0n) is 16.5. The fourth-order valence-electron chi connectivity index (χ4n) is 2.65. The Bertz CT molecular complexity index is 913. The zero-order chi connectivity index (χ0) is 21.4. The van der Waals surface area contributed by atoms with Gasteiger partial charge in [0.15, 0.2) is 11.5 Å². The standard InChI is InChI=1S/C20H23N3O6/c1-4-5-10-21-19(24)13-8-6-7-9-15(13)22-20(25)14-11-17(28-2)18(29-3)12-16(14)23(26)27/h6-9,11-12H,4-5,10H2,1-3H3,(H,21,24)(H,22,25). The van der Waals surface area contributed by atoms with E-state index in [9.17, 15) is 19.7 Å². The Kier molecular flexibility index (Phi) is 7.53. The van der Waals surface area contributed by atoms with Crippen molar-refractivity contribution in [1.82, 2.24) is 5.32 Å². The van der Waals surface area contributed by atoms with E-state index in [0.29, 0.717) is 6.54 Å². The van der Waals surface area contributed by atoms with Gasteiger partial charge >= 0.3 is 0 Å². The van der Waals surface area contributed by atoms with Crippen LogP contribution < -0.4 is 20.1 Å². The van der Waals surface area contributed by atoms with Crippen molar-refractivity contribution < 1.29 is 24.0 Å². The van der Waals surface area contributed by atoms with Gasteiger partial charge in [-0.1, -0.05) is 25.5 Å².